The van der Waals surface area contributed by atoms with Crippen LogP contribution in [0.25, 0.3) is 10.9 Å². The summed E-state index contributed by atoms with van der Waals surface area (Å²) in [4.78, 5) is 15.9. The van der Waals surface area contributed by atoms with Crippen molar-refractivity contribution >= 4 is 16.7 Å². The second-order valence-corrected chi connectivity index (χ2v) is 5.15. The van der Waals surface area contributed by atoms with Gasteiger partial charge in [0.15, 0.2) is 0 Å². The highest BCUT2D eigenvalue weighted by molar-refractivity contribution is 5.87. The molecule has 1 fully saturated rings. The number of rotatable bonds is 1. The van der Waals surface area contributed by atoms with Crippen LogP contribution in [0.5, 0.6) is 0 Å². The van der Waals surface area contributed by atoms with Crippen molar-refractivity contribution in [3.8, 4) is 0 Å². The van der Waals surface area contributed by atoms with E-state index in [9.17, 15) is 4.79 Å². The molecule has 1 aromatic carbocycles. The minimum absolute atomic E-state index is 0.000370. The van der Waals surface area contributed by atoms with Crippen LogP contribution in [0.4, 0.5) is 0 Å². The number of hydrogen-bond donors (Lipinski definition) is 0. The van der Waals surface area contributed by atoms with Crippen molar-refractivity contribution in [3.63, 3.8) is 0 Å². The van der Waals surface area contributed by atoms with E-state index in [1.807, 2.05) is 24.4 Å². The van der Waals surface area contributed by atoms with E-state index in [2.05, 4.69) is 24.0 Å². The molecule has 1 aliphatic rings. The summed E-state index contributed by atoms with van der Waals surface area (Å²) in [6.45, 7) is 2.19. The highest BCUT2D eigenvalue weighted by Crippen LogP contribution is 2.41. The van der Waals surface area contributed by atoms with Gasteiger partial charge in [-0.1, -0.05) is 25.1 Å². The number of nitrogens with zero attached hydrogens (tertiary/aromatic N) is 1. The van der Waals surface area contributed by atoms with Gasteiger partial charge in [0.25, 0.3) is 0 Å². The van der Waals surface area contributed by atoms with Gasteiger partial charge in [-0.15, -0.1) is 0 Å². The largest absolute Gasteiger partial charge is 0.300 e. The summed E-state index contributed by atoms with van der Waals surface area (Å²) in [7, 11) is 0. The second kappa shape index (κ2) is 3.66. The van der Waals surface area contributed by atoms with Crippen LogP contribution in [-0.2, 0) is 10.2 Å². The first-order chi connectivity index (χ1) is 8.19. The molecule has 1 unspecified atom stereocenters. The van der Waals surface area contributed by atoms with Crippen molar-refractivity contribution in [2.75, 3.05) is 0 Å². The molecule has 17 heavy (non-hydrogen) atoms. The molecule has 86 valence electrons. The van der Waals surface area contributed by atoms with Crippen molar-refractivity contribution in [3.05, 3.63) is 42.1 Å². The quantitative estimate of drug-likeness (QED) is 0.745. The number of carbonyl (C=O) groups is 1. The topological polar surface area (TPSA) is 30.0 Å². The lowest BCUT2D eigenvalue weighted by Gasteiger charge is -2.24. The zero-order chi connectivity index (χ0) is 11.9. The van der Waals surface area contributed by atoms with Gasteiger partial charge in [-0.05, 0) is 24.1 Å². The molecular formula is C15H15NO. The first-order valence-electron chi connectivity index (χ1n) is 6.05. The molecule has 3 rings (SSSR count). The molecule has 2 nitrogen and oxygen atoms in total. The number of aromatic nitrogens is 1. The monoisotopic (exact) mass is 225 g/mol. The van der Waals surface area contributed by atoms with Crippen molar-refractivity contribution in [1.82, 2.24) is 4.98 Å². The third-order valence-corrected chi connectivity index (χ3v) is 3.84. The Bertz CT molecular complexity index is 585. The molecule has 1 saturated carbocycles. The minimum atomic E-state index is -0.000370. The maximum atomic E-state index is 11.6. The van der Waals surface area contributed by atoms with E-state index in [1.54, 1.807) is 0 Å². The van der Waals surface area contributed by atoms with E-state index < -0.39 is 0 Å². The smallest absolute Gasteiger partial charge is 0.133 e. The molecular weight excluding hydrogens is 210 g/mol. The third-order valence-electron chi connectivity index (χ3n) is 3.84. The van der Waals surface area contributed by atoms with Crippen LogP contribution in [0.1, 0.15) is 31.7 Å². The van der Waals surface area contributed by atoms with Gasteiger partial charge in [-0.25, -0.2) is 0 Å². The summed E-state index contributed by atoms with van der Waals surface area (Å²) in [6, 6.07) is 10.3. The van der Waals surface area contributed by atoms with Gasteiger partial charge in [-0.2, -0.15) is 0 Å². The van der Waals surface area contributed by atoms with E-state index in [-0.39, 0.29) is 5.41 Å². The van der Waals surface area contributed by atoms with Crippen molar-refractivity contribution in [2.45, 2.75) is 31.6 Å². The van der Waals surface area contributed by atoms with Crippen LogP contribution in [0.2, 0.25) is 0 Å². The SMILES string of the molecule is CC1(c2cccc3ncccc23)CCC(=O)C1. The van der Waals surface area contributed by atoms with E-state index in [0.717, 1.165) is 11.9 Å². The maximum Gasteiger partial charge on any atom is 0.133 e. The average Bonchev–Trinajstić information content (AvgIpc) is 2.70. The number of Topliss-reactive ketones (excluding diaryl/α,β-unsaturated/α-hetero) is 1. The van der Waals surface area contributed by atoms with E-state index >= 15 is 0 Å². The van der Waals surface area contributed by atoms with E-state index in [1.165, 1.54) is 10.9 Å². The summed E-state index contributed by atoms with van der Waals surface area (Å²) in [6.07, 6.45) is 4.16. The number of hydrogen-bond acceptors (Lipinski definition) is 2. The number of pyridine rings is 1. The number of ketones is 1. The highest BCUT2D eigenvalue weighted by Gasteiger charge is 2.36. The van der Waals surface area contributed by atoms with Gasteiger partial charge in [0, 0.05) is 29.8 Å². The van der Waals surface area contributed by atoms with Crippen molar-refractivity contribution < 1.29 is 4.79 Å². The lowest BCUT2D eigenvalue weighted by atomic mass is 9.79. The van der Waals surface area contributed by atoms with Crippen molar-refractivity contribution in [1.29, 1.82) is 0 Å². The fraction of sp³-hybridized carbons (Fsp3) is 0.333. The Hall–Kier alpha value is -1.70. The molecule has 1 aromatic heterocycles. The lowest BCUT2D eigenvalue weighted by Crippen LogP contribution is -2.18. The molecule has 2 aromatic rings. The average molecular weight is 225 g/mol. The van der Waals surface area contributed by atoms with Crippen LogP contribution in [0, 0.1) is 0 Å². The molecule has 1 heterocycles. The van der Waals surface area contributed by atoms with Crippen LogP contribution in [0.3, 0.4) is 0 Å². The molecule has 0 amide bonds. The minimum Gasteiger partial charge on any atom is -0.300 e. The summed E-state index contributed by atoms with van der Waals surface area (Å²) in [5.74, 6) is 0.383. The number of carbonyl (C=O) groups excluding carboxylic acids is 1. The Labute approximate surface area is 101 Å². The van der Waals surface area contributed by atoms with E-state index in [0.29, 0.717) is 18.6 Å². The molecule has 1 aliphatic carbocycles. The predicted octanol–water partition coefficient (Wildman–Crippen LogP) is 3.25. The standard InChI is InChI=1S/C15H15NO/c1-15(8-7-11(17)10-15)13-5-2-6-14-12(13)4-3-9-16-14/h2-6,9H,7-8,10H2,1H3. The van der Waals surface area contributed by atoms with Gasteiger partial charge in [-0.3, -0.25) is 9.78 Å². The summed E-state index contributed by atoms with van der Waals surface area (Å²) >= 11 is 0. The van der Waals surface area contributed by atoms with E-state index in [4.69, 9.17) is 0 Å². The molecule has 0 saturated heterocycles. The maximum absolute atomic E-state index is 11.6. The van der Waals surface area contributed by atoms with Crippen LogP contribution in [-0.4, -0.2) is 10.8 Å². The Kier molecular flexibility index (Phi) is 2.25. The van der Waals surface area contributed by atoms with Gasteiger partial charge in [0.2, 0.25) is 0 Å². The molecule has 1 atom stereocenters. The summed E-state index contributed by atoms with van der Waals surface area (Å²) in [5.41, 5.74) is 2.29. The van der Waals surface area contributed by atoms with Gasteiger partial charge < -0.3 is 0 Å². The van der Waals surface area contributed by atoms with Crippen LogP contribution >= 0.6 is 0 Å². The summed E-state index contributed by atoms with van der Waals surface area (Å²) in [5, 5.41) is 1.19. The lowest BCUT2D eigenvalue weighted by molar-refractivity contribution is -0.117. The second-order valence-electron chi connectivity index (χ2n) is 5.15. The Morgan fingerprint density at radius 2 is 2.12 bits per heavy atom. The molecule has 0 aliphatic heterocycles. The fourth-order valence-electron chi connectivity index (χ4n) is 2.89. The fourth-order valence-corrected chi connectivity index (χ4v) is 2.89. The van der Waals surface area contributed by atoms with Crippen molar-refractivity contribution in [2.24, 2.45) is 0 Å². The van der Waals surface area contributed by atoms with Gasteiger partial charge in [0.05, 0.1) is 5.52 Å². The normalized spacial score (nSPS) is 24.4. The first-order valence-corrected chi connectivity index (χ1v) is 6.05. The van der Waals surface area contributed by atoms with Gasteiger partial charge >= 0.3 is 0 Å². The van der Waals surface area contributed by atoms with Crippen LogP contribution in [0.15, 0.2) is 36.5 Å². The molecule has 2 heteroatoms. The highest BCUT2D eigenvalue weighted by atomic mass is 16.1. The number of fused-ring (bicyclic) bond motifs is 1. The van der Waals surface area contributed by atoms with Crippen LogP contribution < -0.4 is 0 Å². The zero-order valence-corrected chi connectivity index (χ0v) is 9.94. The number of benzene rings is 1. The Morgan fingerprint density at radius 1 is 1.24 bits per heavy atom. The molecule has 0 bridgehead atoms. The Balaban J connectivity index is 2.21. The molecule has 0 N–H and O–H groups in total. The molecule has 0 radical (unpaired) electrons. The van der Waals surface area contributed by atoms with Gasteiger partial charge in [0.1, 0.15) is 5.78 Å². The first kappa shape index (κ1) is 10.5. The summed E-state index contributed by atoms with van der Waals surface area (Å²) < 4.78 is 0. The molecule has 0 spiro atoms. The zero-order valence-electron chi connectivity index (χ0n) is 9.94. The predicted molar refractivity (Wildman–Crippen MR) is 68.0 cm³/mol. The Morgan fingerprint density at radius 3 is 2.88 bits per heavy atom. The third kappa shape index (κ3) is 1.64.